The smallest absolute Gasteiger partial charge is 0.485 e. The Kier molecular flexibility index (Phi) is 10.5. The summed E-state index contributed by atoms with van der Waals surface area (Å²) in [6.45, 7) is 1.61. The van der Waals surface area contributed by atoms with Crippen LogP contribution in [0.15, 0.2) is 95.2 Å². The minimum Gasteiger partial charge on any atom is -0.741 e. The van der Waals surface area contributed by atoms with Gasteiger partial charge in [0.05, 0.1) is 27.5 Å². The Hall–Kier alpha value is -2.49. The molecule has 4 aromatic rings. The minimum atomic E-state index is -6.09. The molecule has 0 unspecified atom stereocenters. The Morgan fingerprint density at radius 2 is 1.26 bits per heavy atom. The molecule has 0 saturated carbocycles. The molecule has 6 nitrogen and oxygen atoms in total. The van der Waals surface area contributed by atoms with Gasteiger partial charge in [-0.05, 0) is 73.7 Å². The van der Waals surface area contributed by atoms with Crippen LogP contribution in [0.3, 0.4) is 0 Å². The summed E-state index contributed by atoms with van der Waals surface area (Å²) in [6, 6.07) is 24.9. The van der Waals surface area contributed by atoms with Gasteiger partial charge in [-0.25, -0.2) is 8.42 Å². The normalized spacial score (nSPS) is 11.6. The first kappa shape index (κ1) is 31.0. The van der Waals surface area contributed by atoms with Crippen LogP contribution >= 0.6 is 34.4 Å². The van der Waals surface area contributed by atoms with E-state index < -0.39 is 15.6 Å². The molecule has 0 radical (unpaired) electrons. The second kappa shape index (κ2) is 13.2. The maximum Gasteiger partial charge on any atom is 0.485 e. The summed E-state index contributed by atoms with van der Waals surface area (Å²) in [6.07, 6.45) is 0. The number of halogens is 3. The molecule has 0 aliphatic heterocycles. The molecular formula is C25H21F3O6S5. The third kappa shape index (κ3) is 8.50. The highest BCUT2D eigenvalue weighted by Gasteiger charge is 2.37. The van der Waals surface area contributed by atoms with E-state index in [2.05, 4.69) is 36.4 Å². The number of methoxy groups -OCH3 is 2. The molecule has 0 amide bonds. The van der Waals surface area contributed by atoms with Gasteiger partial charge in [0, 0.05) is 6.07 Å². The van der Waals surface area contributed by atoms with Crippen molar-refractivity contribution in [3.05, 3.63) is 77.7 Å². The minimum absolute atomic E-state index is 0.115. The Labute approximate surface area is 238 Å². The molecule has 2 aromatic carbocycles. The monoisotopic (exact) mass is 634 g/mol. The fraction of sp³-hybridized carbons (Fsp3) is 0.160. The van der Waals surface area contributed by atoms with E-state index in [9.17, 15) is 18.0 Å². The van der Waals surface area contributed by atoms with Crippen LogP contribution in [0.4, 0.5) is 13.2 Å². The van der Waals surface area contributed by atoms with Gasteiger partial charge in [-0.2, -0.15) is 13.2 Å². The fourth-order valence-electron chi connectivity index (χ4n) is 2.92. The molecule has 0 fully saturated rings. The first-order valence-electron chi connectivity index (χ1n) is 10.8. The highest BCUT2D eigenvalue weighted by molar-refractivity contribution is 8.04. The average molecular weight is 635 g/mol. The number of ether oxygens (including phenoxy) is 2. The number of carbonyl (C=O) groups is 1. The van der Waals surface area contributed by atoms with Crippen LogP contribution in [-0.2, 0) is 21.0 Å². The van der Waals surface area contributed by atoms with Crippen molar-refractivity contribution in [2.24, 2.45) is 0 Å². The Morgan fingerprint density at radius 1 is 0.821 bits per heavy atom. The van der Waals surface area contributed by atoms with Gasteiger partial charge in [0.15, 0.2) is 25.7 Å². The van der Waals surface area contributed by atoms with Crippen LogP contribution in [0, 0.1) is 0 Å². The highest BCUT2D eigenvalue weighted by Crippen LogP contribution is 2.42. The Bertz CT molecular complexity index is 1450. The maximum atomic E-state index is 11.6. The van der Waals surface area contributed by atoms with E-state index in [4.69, 9.17) is 22.4 Å². The summed E-state index contributed by atoms with van der Waals surface area (Å²) in [5.74, 6) is 1.82. The summed E-state index contributed by atoms with van der Waals surface area (Å²) in [4.78, 5) is 14.9. The van der Waals surface area contributed by atoms with Gasteiger partial charge in [-0.3, -0.25) is 4.79 Å². The average Bonchev–Trinajstić information content (AvgIpc) is 3.55. The van der Waals surface area contributed by atoms with Crippen LogP contribution in [0.25, 0.3) is 0 Å². The molecule has 14 heteroatoms. The zero-order chi connectivity index (χ0) is 28.8. The van der Waals surface area contributed by atoms with Gasteiger partial charge < -0.3 is 14.0 Å². The standard InChI is InChI=1S/C24H21O3S4.CHF3O3S/c1-16(25)21-12-13-22(28-21)29-23-14-15-24(30-23)31(19-8-4-17(26-2)5-9-19)20-10-6-18(27-3)7-11-20;2-1(3,4)8(5,6)7/h4-15H,1-3H3;(H,5,6,7)/q+1;/p-1. The van der Waals surface area contributed by atoms with Crippen molar-refractivity contribution in [2.45, 2.75) is 34.9 Å². The summed E-state index contributed by atoms with van der Waals surface area (Å²) in [7, 11) is -2.95. The van der Waals surface area contributed by atoms with Crippen molar-refractivity contribution < 1.29 is 40.4 Å². The fourth-order valence-corrected chi connectivity index (χ4v) is 9.16. The summed E-state index contributed by atoms with van der Waals surface area (Å²) in [5, 5.41) is 0. The van der Waals surface area contributed by atoms with Crippen LogP contribution in [0.5, 0.6) is 11.5 Å². The number of thiophene rings is 2. The third-order valence-corrected chi connectivity index (χ3v) is 11.4. The largest absolute Gasteiger partial charge is 0.741 e. The molecule has 4 rings (SSSR count). The predicted octanol–water partition coefficient (Wildman–Crippen LogP) is 7.33. The molecule has 0 atom stereocenters. The molecule has 2 aromatic heterocycles. The Morgan fingerprint density at radius 3 is 1.64 bits per heavy atom. The van der Waals surface area contributed by atoms with E-state index in [0.29, 0.717) is 0 Å². The first-order chi connectivity index (χ1) is 18.3. The van der Waals surface area contributed by atoms with Gasteiger partial charge in [0.25, 0.3) is 0 Å². The van der Waals surface area contributed by atoms with Gasteiger partial charge in [-0.1, -0.05) is 23.1 Å². The number of ketones is 1. The van der Waals surface area contributed by atoms with Crippen LogP contribution in [0.2, 0.25) is 0 Å². The van der Waals surface area contributed by atoms with Crippen LogP contribution < -0.4 is 9.47 Å². The van der Waals surface area contributed by atoms with E-state index in [0.717, 1.165) is 20.6 Å². The number of rotatable bonds is 8. The van der Waals surface area contributed by atoms with E-state index in [-0.39, 0.29) is 16.7 Å². The number of Topliss-reactive ketones (excluding diaryl/α,β-unsaturated/α-hetero) is 1. The van der Waals surface area contributed by atoms with E-state index >= 15 is 0 Å². The van der Waals surface area contributed by atoms with Gasteiger partial charge in [0.2, 0.25) is 4.21 Å². The summed E-state index contributed by atoms with van der Waals surface area (Å²) >= 11 is 5.06. The number of hydrogen-bond acceptors (Lipinski definition) is 9. The molecule has 0 aliphatic carbocycles. The highest BCUT2D eigenvalue weighted by atomic mass is 32.2. The molecule has 0 saturated heterocycles. The zero-order valence-electron chi connectivity index (χ0n) is 20.6. The number of hydrogen-bond donors (Lipinski definition) is 0. The summed E-state index contributed by atoms with van der Waals surface area (Å²) < 4.78 is 73.2. The van der Waals surface area contributed by atoms with Crippen molar-refractivity contribution in [2.75, 3.05) is 14.2 Å². The van der Waals surface area contributed by atoms with Gasteiger partial charge in [-0.15, -0.1) is 11.3 Å². The molecule has 208 valence electrons. The molecule has 0 spiro atoms. The lowest BCUT2D eigenvalue weighted by molar-refractivity contribution is -0.0517. The number of benzene rings is 2. The topological polar surface area (TPSA) is 92.7 Å². The lowest BCUT2D eigenvalue weighted by atomic mass is 10.3. The molecule has 0 bridgehead atoms. The Balaban J connectivity index is 0.000000459. The molecule has 39 heavy (non-hydrogen) atoms. The number of alkyl halides is 3. The third-order valence-electron chi connectivity index (χ3n) is 4.76. The molecule has 0 aliphatic rings. The van der Waals surface area contributed by atoms with Crippen LogP contribution in [0.1, 0.15) is 16.6 Å². The maximum absolute atomic E-state index is 11.6. The van der Waals surface area contributed by atoms with Crippen molar-refractivity contribution in [1.29, 1.82) is 0 Å². The predicted molar refractivity (Wildman–Crippen MR) is 147 cm³/mol. The van der Waals surface area contributed by atoms with E-state index in [1.165, 1.54) is 18.2 Å². The molecule has 2 heterocycles. The SMILES string of the molecule is COc1ccc([S+](c2ccc(OC)cc2)c2ccc(Sc3ccc(C(C)=O)s3)s2)cc1.O=S(=O)([O-])C(F)(F)F. The zero-order valence-corrected chi connectivity index (χ0v) is 24.6. The van der Waals surface area contributed by atoms with E-state index in [1.54, 1.807) is 55.6 Å². The van der Waals surface area contributed by atoms with Crippen molar-refractivity contribution in [3.8, 4) is 11.5 Å². The van der Waals surface area contributed by atoms with Crippen LogP contribution in [-0.4, -0.2) is 38.5 Å². The lowest BCUT2D eigenvalue weighted by Crippen LogP contribution is -2.21. The van der Waals surface area contributed by atoms with Gasteiger partial charge in [0.1, 0.15) is 22.4 Å². The quantitative estimate of drug-likeness (QED) is 0.0868. The lowest BCUT2D eigenvalue weighted by Gasteiger charge is -2.08. The van der Waals surface area contributed by atoms with Crippen molar-refractivity contribution in [1.82, 2.24) is 0 Å². The number of carbonyl (C=O) groups excluding carboxylic acids is 1. The van der Waals surface area contributed by atoms with E-state index in [1.807, 2.05) is 36.4 Å². The second-order valence-corrected chi connectivity index (χ2v) is 14.8. The second-order valence-electron chi connectivity index (χ2n) is 7.41. The van der Waals surface area contributed by atoms with Gasteiger partial charge >= 0.3 is 5.51 Å². The summed E-state index contributed by atoms with van der Waals surface area (Å²) in [5.41, 5.74) is -5.65. The first-order valence-corrected chi connectivity index (χ1v) is 15.8. The molecule has 0 N–H and O–H groups in total. The van der Waals surface area contributed by atoms with Crippen molar-refractivity contribution >= 4 is 61.2 Å². The van der Waals surface area contributed by atoms with Crippen molar-refractivity contribution in [3.63, 3.8) is 0 Å². The molecular weight excluding hydrogens is 614 g/mol.